The molecule has 1 unspecified atom stereocenters. The summed E-state index contributed by atoms with van der Waals surface area (Å²) < 4.78 is 0. The van der Waals surface area contributed by atoms with E-state index < -0.39 is 0 Å². The van der Waals surface area contributed by atoms with Gasteiger partial charge in [0.05, 0.1) is 12.0 Å². The standard InChI is InChI=1S/C10H18N2O2/c13-9-2-1-5-12(7-9)10(14)8-3-4-11-6-8/h8-9,11,13H,1-7H2/t8-,9?/m0/s1. The Labute approximate surface area is 84.3 Å². The Morgan fingerprint density at radius 2 is 2.29 bits per heavy atom. The maximum absolute atomic E-state index is 11.9. The Morgan fingerprint density at radius 3 is 2.93 bits per heavy atom. The molecule has 0 aromatic heterocycles. The third kappa shape index (κ3) is 2.07. The first-order chi connectivity index (χ1) is 6.77. The summed E-state index contributed by atoms with van der Waals surface area (Å²) in [7, 11) is 0. The first-order valence-corrected chi connectivity index (χ1v) is 5.45. The summed E-state index contributed by atoms with van der Waals surface area (Å²) in [5.41, 5.74) is 0. The van der Waals surface area contributed by atoms with Gasteiger partial charge in [0.2, 0.25) is 5.91 Å². The van der Waals surface area contributed by atoms with Crippen LogP contribution in [0.4, 0.5) is 0 Å². The summed E-state index contributed by atoms with van der Waals surface area (Å²) in [6.07, 6.45) is 2.42. The van der Waals surface area contributed by atoms with Gasteiger partial charge in [-0.15, -0.1) is 0 Å². The van der Waals surface area contributed by atoms with Crippen molar-refractivity contribution in [1.82, 2.24) is 10.2 Å². The van der Waals surface area contributed by atoms with Crippen LogP contribution in [0.1, 0.15) is 19.3 Å². The zero-order chi connectivity index (χ0) is 9.97. The van der Waals surface area contributed by atoms with E-state index in [0.717, 1.165) is 38.9 Å². The Balaban J connectivity index is 1.89. The van der Waals surface area contributed by atoms with Crippen LogP contribution in [0.3, 0.4) is 0 Å². The average Bonchev–Trinajstić information content (AvgIpc) is 2.69. The minimum atomic E-state index is -0.304. The number of carbonyl (C=O) groups is 1. The van der Waals surface area contributed by atoms with E-state index in [1.54, 1.807) is 0 Å². The second-order valence-electron chi connectivity index (χ2n) is 4.27. The lowest BCUT2D eigenvalue weighted by Gasteiger charge is -2.31. The van der Waals surface area contributed by atoms with E-state index in [0.29, 0.717) is 6.54 Å². The van der Waals surface area contributed by atoms with Crippen molar-refractivity contribution < 1.29 is 9.90 Å². The minimum absolute atomic E-state index is 0.153. The molecular weight excluding hydrogens is 180 g/mol. The van der Waals surface area contributed by atoms with Crippen molar-refractivity contribution in [2.45, 2.75) is 25.4 Å². The van der Waals surface area contributed by atoms with Gasteiger partial charge in [-0.3, -0.25) is 4.79 Å². The molecule has 2 aliphatic heterocycles. The Morgan fingerprint density at radius 1 is 1.43 bits per heavy atom. The summed E-state index contributed by atoms with van der Waals surface area (Å²) in [5.74, 6) is 0.383. The number of rotatable bonds is 1. The van der Waals surface area contributed by atoms with Gasteiger partial charge < -0.3 is 15.3 Å². The Hall–Kier alpha value is -0.610. The summed E-state index contributed by atoms with van der Waals surface area (Å²) in [6.45, 7) is 3.12. The van der Waals surface area contributed by atoms with Gasteiger partial charge in [-0.25, -0.2) is 0 Å². The van der Waals surface area contributed by atoms with Gasteiger partial charge in [0.25, 0.3) is 0 Å². The molecule has 2 N–H and O–H groups in total. The second kappa shape index (κ2) is 4.28. The van der Waals surface area contributed by atoms with Crippen molar-refractivity contribution in [1.29, 1.82) is 0 Å². The zero-order valence-electron chi connectivity index (χ0n) is 8.41. The third-order valence-corrected chi connectivity index (χ3v) is 3.12. The molecule has 14 heavy (non-hydrogen) atoms. The van der Waals surface area contributed by atoms with E-state index in [-0.39, 0.29) is 17.9 Å². The molecule has 0 aliphatic carbocycles. The molecule has 2 atom stereocenters. The second-order valence-corrected chi connectivity index (χ2v) is 4.27. The SMILES string of the molecule is O=C([C@H]1CCNC1)N1CCCC(O)C1. The molecule has 0 bridgehead atoms. The highest BCUT2D eigenvalue weighted by atomic mass is 16.3. The lowest BCUT2D eigenvalue weighted by Crippen LogP contribution is -2.45. The molecule has 4 nitrogen and oxygen atoms in total. The quantitative estimate of drug-likeness (QED) is 0.601. The van der Waals surface area contributed by atoms with Gasteiger partial charge in [-0.05, 0) is 25.8 Å². The molecule has 0 saturated carbocycles. The van der Waals surface area contributed by atoms with Crippen LogP contribution >= 0.6 is 0 Å². The van der Waals surface area contributed by atoms with E-state index in [2.05, 4.69) is 5.32 Å². The van der Waals surface area contributed by atoms with E-state index in [1.165, 1.54) is 0 Å². The molecule has 2 fully saturated rings. The van der Waals surface area contributed by atoms with Crippen LogP contribution in [0.2, 0.25) is 0 Å². The monoisotopic (exact) mass is 198 g/mol. The Bertz CT molecular complexity index is 214. The Kier molecular flexibility index (Phi) is 3.03. The molecule has 0 radical (unpaired) electrons. The highest BCUT2D eigenvalue weighted by molar-refractivity contribution is 5.79. The maximum atomic E-state index is 11.9. The van der Waals surface area contributed by atoms with Crippen LogP contribution in [0, 0.1) is 5.92 Å². The van der Waals surface area contributed by atoms with Crippen molar-refractivity contribution in [3.8, 4) is 0 Å². The molecule has 2 saturated heterocycles. The van der Waals surface area contributed by atoms with Crippen LogP contribution in [-0.4, -0.2) is 48.2 Å². The number of aliphatic hydroxyl groups is 1. The number of nitrogens with one attached hydrogen (secondary N) is 1. The fourth-order valence-corrected chi connectivity index (χ4v) is 2.28. The molecule has 2 heterocycles. The number of nitrogens with zero attached hydrogens (tertiary/aromatic N) is 1. The topological polar surface area (TPSA) is 52.6 Å². The molecular formula is C10H18N2O2. The summed E-state index contributed by atoms with van der Waals surface area (Å²) >= 11 is 0. The molecule has 0 aromatic rings. The predicted molar refractivity (Wildman–Crippen MR) is 52.8 cm³/mol. The first-order valence-electron chi connectivity index (χ1n) is 5.45. The van der Waals surface area contributed by atoms with E-state index in [4.69, 9.17) is 0 Å². The van der Waals surface area contributed by atoms with Gasteiger partial charge in [0.1, 0.15) is 0 Å². The van der Waals surface area contributed by atoms with Crippen molar-refractivity contribution in [2.75, 3.05) is 26.2 Å². The largest absolute Gasteiger partial charge is 0.391 e. The van der Waals surface area contributed by atoms with Crippen LogP contribution in [0.25, 0.3) is 0 Å². The molecule has 2 aliphatic rings. The van der Waals surface area contributed by atoms with E-state index in [1.807, 2.05) is 4.90 Å². The summed E-state index contributed by atoms with van der Waals surface area (Å²) in [4.78, 5) is 13.7. The number of likely N-dealkylation sites (tertiary alicyclic amines) is 1. The van der Waals surface area contributed by atoms with Gasteiger partial charge in [0.15, 0.2) is 0 Å². The van der Waals surface area contributed by atoms with Crippen molar-refractivity contribution >= 4 is 5.91 Å². The number of hydrogen-bond acceptors (Lipinski definition) is 3. The number of amides is 1. The lowest BCUT2D eigenvalue weighted by molar-refractivity contribution is -0.137. The molecule has 1 amide bonds. The molecule has 4 heteroatoms. The smallest absolute Gasteiger partial charge is 0.227 e. The average molecular weight is 198 g/mol. The lowest BCUT2D eigenvalue weighted by atomic mass is 10.0. The molecule has 2 rings (SSSR count). The van der Waals surface area contributed by atoms with E-state index in [9.17, 15) is 9.90 Å². The molecule has 80 valence electrons. The van der Waals surface area contributed by atoms with Crippen LogP contribution < -0.4 is 5.32 Å². The third-order valence-electron chi connectivity index (χ3n) is 3.12. The van der Waals surface area contributed by atoms with Crippen molar-refractivity contribution in [3.05, 3.63) is 0 Å². The maximum Gasteiger partial charge on any atom is 0.227 e. The van der Waals surface area contributed by atoms with Gasteiger partial charge in [0, 0.05) is 19.6 Å². The minimum Gasteiger partial charge on any atom is -0.391 e. The highest BCUT2D eigenvalue weighted by Crippen LogP contribution is 2.16. The van der Waals surface area contributed by atoms with Gasteiger partial charge >= 0.3 is 0 Å². The number of β-amino-alcohol motifs (C(OH)–C–C–N with tert-alkyl or cyclic N) is 1. The van der Waals surface area contributed by atoms with Gasteiger partial charge in [-0.1, -0.05) is 0 Å². The van der Waals surface area contributed by atoms with Crippen molar-refractivity contribution in [3.63, 3.8) is 0 Å². The summed E-state index contributed by atoms with van der Waals surface area (Å²) in [6, 6.07) is 0. The van der Waals surface area contributed by atoms with Crippen molar-refractivity contribution in [2.24, 2.45) is 5.92 Å². The normalized spacial score (nSPS) is 33.4. The van der Waals surface area contributed by atoms with Crippen LogP contribution in [-0.2, 0) is 4.79 Å². The predicted octanol–water partition coefficient (Wildman–Crippen LogP) is -0.421. The highest BCUT2D eigenvalue weighted by Gasteiger charge is 2.29. The van der Waals surface area contributed by atoms with Crippen LogP contribution in [0.5, 0.6) is 0 Å². The number of piperidine rings is 1. The van der Waals surface area contributed by atoms with Gasteiger partial charge in [-0.2, -0.15) is 0 Å². The van der Waals surface area contributed by atoms with Crippen LogP contribution in [0.15, 0.2) is 0 Å². The summed E-state index contributed by atoms with van der Waals surface area (Å²) in [5, 5.41) is 12.7. The first kappa shape index (κ1) is 9.93. The zero-order valence-corrected chi connectivity index (χ0v) is 8.41. The molecule has 0 spiro atoms. The number of aliphatic hydroxyl groups excluding tert-OH is 1. The number of carbonyl (C=O) groups excluding carboxylic acids is 1. The fraction of sp³-hybridized carbons (Fsp3) is 0.900. The fourth-order valence-electron chi connectivity index (χ4n) is 2.28. The number of hydrogen-bond donors (Lipinski definition) is 2. The molecule has 0 aromatic carbocycles. The van der Waals surface area contributed by atoms with E-state index >= 15 is 0 Å².